The standard InChI is InChI=1S/C19H23N7O6/c1-3-32-19(28)25-10-8-24(9-11-25)17-15(26(29)30)16(20-12-21-17)22-23-18(27)13-4-6-14(31-2)7-5-13/h4-7,12H,3,8-11H2,1-2H3,(H,23,27)(H,20,21,22). The van der Waals surface area contributed by atoms with Gasteiger partial charge in [0.05, 0.1) is 18.6 Å². The molecule has 1 fully saturated rings. The lowest BCUT2D eigenvalue weighted by Crippen LogP contribution is -2.49. The van der Waals surface area contributed by atoms with Crippen LogP contribution in [0.5, 0.6) is 5.75 Å². The molecular weight excluding hydrogens is 422 g/mol. The summed E-state index contributed by atoms with van der Waals surface area (Å²) in [6.07, 6.45) is 0.745. The van der Waals surface area contributed by atoms with Gasteiger partial charge in [0.25, 0.3) is 5.91 Å². The van der Waals surface area contributed by atoms with Crippen molar-refractivity contribution in [1.29, 1.82) is 0 Å². The zero-order valence-electron chi connectivity index (χ0n) is 17.6. The lowest BCUT2D eigenvalue weighted by Gasteiger charge is -2.34. The average molecular weight is 445 g/mol. The summed E-state index contributed by atoms with van der Waals surface area (Å²) < 4.78 is 10.0. The molecule has 0 bridgehead atoms. The van der Waals surface area contributed by atoms with Crippen LogP contribution in [0.4, 0.5) is 22.1 Å². The minimum atomic E-state index is -0.616. The molecule has 1 aliphatic heterocycles. The molecule has 1 saturated heterocycles. The molecule has 170 valence electrons. The van der Waals surface area contributed by atoms with E-state index in [1.54, 1.807) is 36.1 Å². The zero-order chi connectivity index (χ0) is 23.1. The number of hydrogen-bond donors (Lipinski definition) is 2. The van der Waals surface area contributed by atoms with Gasteiger partial charge < -0.3 is 19.3 Å². The number of methoxy groups -OCH3 is 1. The number of ether oxygens (including phenoxy) is 2. The second kappa shape index (κ2) is 10.2. The van der Waals surface area contributed by atoms with Gasteiger partial charge in [-0.25, -0.2) is 14.8 Å². The van der Waals surface area contributed by atoms with E-state index in [4.69, 9.17) is 9.47 Å². The lowest BCUT2D eigenvalue weighted by atomic mass is 10.2. The molecule has 1 aromatic heterocycles. The van der Waals surface area contributed by atoms with Crippen LogP contribution >= 0.6 is 0 Å². The highest BCUT2D eigenvalue weighted by Crippen LogP contribution is 2.32. The SMILES string of the molecule is CCOC(=O)N1CCN(c2ncnc(NNC(=O)c3ccc(OC)cc3)c2[N+](=O)[O-])CC1. The highest BCUT2D eigenvalue weighted by atomic mass is 16.6. The van der Waals surface area contributed by atoms with Gasteiger partial charge in [-0.05, 0) is 31.2 Å². The van der Waals surface area contributed by atoms with Crippen molar-refractivity contribution in [3.63, 3.8) is 0 Å². The molecule has 2 amide bonds. The van der Waals surface area contributed by atoms with Crippen LogP contribution in [0.2, 0.25) is 0 Å². The molecule has 0 saturated carbocycles. The number of amides is 2. The van der Waals surface area contributed by atoms with Gasteiger partial charge in [-0.3, -0.25) is 25.8 Å². The van der Waals surface area contributed by atoms with Crippen LogP contribution in [0.25, 0.3) is 0 Å². The van der Waals surface area contributed by atoms with Crippen LogP contribution in [-0.4, -0.2) is 71.7 Å². The number of aromatic nitrogens is 2. The van der Waals surface area contributed by atoms with Gasteiger partial charge in [0, 0.05) is 31.7 Å². The van der Waals surface area contributed by atoms with Crippen molar-refractivity contribution in [2.24, 2.45) is 0 Å². The van der Waals surface area contributed by atoms with Crippen molar-refractivity contribution in [3.05, 3.63) is 46.3 Å². The molecule has 0 spiro atoms. The first kappa shape index (κ1) is 22.5. The smallest absolute Gasteiger partial charge is 0.409 e. The third-order valence-electron chi connectivity index (χ3n) is 4.74. The Balaban J connectivity index is 1.71. The van der Waals surface area contributed by atoms with Gasteiger partial charge in [-0.15, -0.1) is 0 Å². The van der Waals surface area contributed by atoms with Crippen molar-refractivity contribution in [3.8, 4) is 5.75 Å². The van der Waals surface area contributed by atoms with Crippen molar-refractivity contribution in [1.82, 2.24) is 20.3 Å². The summed E-state index contributed by atoms with van der Waals surface area (Å²) in [4.78, 5) is 46.6. The third-order valence-corrected chi connectivity index (χ3v) is 4.74. The van der Waals surface area contributed by atoms with Crippen molar-refractivity contribution < 1.29 is 24.0 Å². The molecule has 13 heteroatoms. The number of carbonyl (C=O) groups excluding carboxylic acids is 2. The quantitative estimate of drug-likeness (QED) is 0.473. The third kappa shape index (κ3) is 5.11. The molecular formula is C19H23N7O6. The number of nitrogens with zero attached hydrogens (tertiary/aromatic N) is 5. The van der Waals surface area contributed by atoms with Gasteiger partial charge in [-0.1, -0.05) is 0 Å². The minimum Gasteiger partial charge on any atom is -0.497 e. The summed E-state index contributed by atoms with van der Waals surface area (Å²) in [6, 6.07) is 6.35. The fourth-order valence-electron chi connectivity index (χ4n) is 3.11. The topological polar surface area (TPSA) is 152 Å². The van der Waals surface area contributed by atoms with Gasteiger partial charge in [-0.2, -0.15) is 0 Å². The average Bonchev–Trinajstić information content (AvgIpc) is 2.82. The fourth-order valence-corrected chi connectivity index (χ4v) is 3.11. The minimum absolute atomic E-state index is 0.0923. The number of anilines is 2. The van der Waals surface area contributed by atoms with Crippen molar-refractivity contribution in [2.75, 3.05) is 50.2 Å². The number of nitrogens with one attached hydrogen (secondary N) is 2. The fraction of sp³-hybridized carbons (Fsp3) is 0.368. The first-order valence-corrected chi connectivity index (χ1v) is 9.81. The van der Waals surface area contributed by atoms with E-state index in [1.807, 2.05) is 0 Å². The largest absolute Gasteiger partial charge is 0.497 e. The summed E-state index contributed by atoms with van der Waals surface area (Å²) >= 11 is 0. The van der Waals surface area contributed by atoms with Crippen LogP contribution in [0, 0.1) is 10.1 Å². The number of carbonyl (C=O) groups is 2. The molecule has 2 N–H and O–H groups in total. The van der Waals surface area contributed by atoms with E-state index in [2.05, 4.69) is 20.8 Å². The Labute approximate surface area is 183 Å². The molecule has 1 aliphatic rings. The maximum Gasteiger partial charge on any atom is 0.409 e. The Kier molecular flexibility index (Phi) is 7.21. The maximum atomic E-state index is 12.4. The van der Waals surface area contributed by atoms with Gasteiger partial charge in [0.1, 0.15) is 12.1 Å². The van der Waals surface area contributed by atoms with Crippen molar-refractivity contribution in [2.45, 2.75) is 6.92 Å². The van der Waals surface area contributed by atoms with E-state index in [0.29, 0.717) is 37.5 Å². The molecule has 32 heavy (non-hydrogen) atoms. The summed E-state index contributed by atoms with van der Waals surface area (Å²) in [5, 5.41) is 11.8. The van der Waals surface area contributed by atoms with Crippen molar-refractivity contribution >= 4 is 29.3 Å². The monoisotopic (exact) mass is 445 g/mol. The molecule has 2 heterocycles. The van der Waals surface area contributed by atoms with E-state index in [1.165, 1.54) is 18.3 Å². The van der Waals surface area contributed by atoms with Gasteiger partial charge in [0.2, 0.25) is 11.6 Å². The second-order valence-corrected chi connectivity index (χ2v) is 6.63. The van der Waals surface area contributed by atoms with Crippen LogP contribution in [-0.2, 0) is 4.74 Å². The molecule has 0 radical (unpaired) electrons. The molecule has 3 rings (SSSR count). The van der Waals surface area contributed by atoms with Gasteiger partial charge in [0.15, 0.2) is 0 Å². The Hall–Kier alpha value is -4.16. The van der Waals surface area contributed by atoms with E-state index < -0.39 is 16.9 Å². The summed E-state index contributed by atoms with van der Waals surface area (Å²) in [6.45, 7) is 3.31. The number of rotatable bonds is 7. The van der Waals surface area contributed by atoms with Crippen LogP contribution < -0.4 is 20.5 Å². The number of piperazine rings is 1. The maximum absolute atomic E-state index is 12.4. The van der Waals surface area contributed by atoms with E-state index in [-0.39, 0.29) is 23.9 Å². The van der Waals surface area contributed by atoms with Crippen LogP contribution in [0.3, 0.4) is 0 Å². The molecule has 13 nitrogen and oxygen atoms in total. The first-order valence-electron chi connectivity index (χ1n) is 9.81. The normalized spacial score (nSPS) is 13.3. The number of nitro groups is 1. The Bertz CT molecular complexity index is 977. The number of hydrogen-bond acceptors (Lipinski definition) is 10. The Morgan fingerprint density at radius 2 is 1.84 bits per heavy atom. The van der Waals surface area contributed by atoms with E-state index in [9.17, 15) is 19.7 Å². The van der Waals surface area contributed by atoms with Crippen LogP contribution in [0.1, 0.15) is 17.3 Å². The molecule has 0 atom stereocenters. The molecule has 0 unspecified atom stereocenters. The first-order chi connectivity index (χ1) is 15.4. The molecule has 1 aromatic carbocycles. The summed E-state index contributed by atoms with van der Waals surface area (Å²) in [7, 11) is 1.51. The lowest BCUT2D eigenvalue weighted by molar-refractivity contribution is -0.383. The highest BCUT2D eigenvalue weighted by molar-refractivity contribution is 5.95. The summed E-state index contributed by atoms with van der Waals surface area (Å²) in [5.41, 5.74) is 4.85. The Morgan fingerprint density at radius 3 is 2.44 bits per heavy atom. The highest BCUT2D eigenvalue weighted by Gasteiger charge is 2.30. The zero-order valence-corrected chi connectivity index (χ0v) is 17.6. The second-order valence-electron chi connectivity index (χ2n) is 6.63. The summed E-state index contributed by atoms with van der Waals surface area (Å²) in [5.74, 6) is 0.0168. The predicted octanol–water partition coefficient (Wildman–Crippen LogP) is 1.43. The Morgan fingerprint density at radius 1 is 1.16 bits per heavy atom. The molecule has 2 aromatic rings. The van der Waals surface area contributed by atoms with E-state index >= 15 is 0 Å². The molecule has 0 aliphatic carbocycles. The van der Waals surface area contributed by atoms with Gasteiger partial charge >= 0.3 is 11.8 Å². The van der Waals surface area contributed by atoms with Crippen LogP contribution in [0.15, 0.2) is 30.6 Å². The number of benzene rings is 1. The van der Waals surface area contributed by atoms with E-state index in [0.717, 1.165) is 0 Å². The predicted molar refractivity (Wildman–Crippen MR) is 114 cm³/mol. The number of hydrazine groups is 1.